The minimum Gasteiger partial charge on any atom is -0.352 e. The molecule has 0 saturated heterocycles. The van der Waals surface area contributed by atoms with Crippen molar-refractivity contribution in [2.45, 2.75) is 52.5 Å². The van der Waals surface area contributed by atoms with Crippen LogP contribution in [0.5, 0.6) is 0 Å². The van der Waals surface area contributed by atoms with Gasteiger partial charge in [0.05, 0.1) is 6.54 Å². The van der Waals surface area contributed by atoms with Gasteiger partial charge in [0.25, 0.3) is 0 Å². The lowest BCUT2D eigenvalue weighted by molar-refractivity contribution is -0.121. The predicted molar refractivity (Wildman–Crippen MR) is 76.4 cm³/mol. The van der Waals surface area contributed by atoms with E-state index in [1.807, 2.05) is 0 Å². The maximum Gasteiger partial charge on any atom is 0.234 e. The normalized spacial score (nSPS) is 24.6. The van der Waals surface area contributed by atoms with Gasteiger partial charge >= 0.3 is 0 Å². The first kappa shape index (κ1) is 15.2. The van der Waals surface area contributed by atoms with Gasteiger partial charge < -0.3 is 10.6 Å². The third kappa shape index (κ3) is 4.81. The lowest BCUT2D eigenvalue weighted by atomic mass is 9.69. The molecule has 0 spiro atoms. The fourth-order valence-electron chi connectivity index (χ4n) is 2.89. The first-order valence-corrected chi connectivity index (χ1v) is 7.06. The second kappa shape index (κ2) is 6.93. The Balaban J connectivity index is 2.46. The lowest BCUT2D eigenvalue weighted by Gasteiger charge is -2.40. The standard InChI is InChI=1S/C15H28N2O/c1-5-10-16-11-14(18)17-13-9-7-6-8-12(13)15(2,3)4/h5,12-13,16H,1,6-11H2,2-4H3,(H,17,18). The van der Waals surface area contributed by atoms with E-state index in [4.69, 9.17) is 0 Å². The largest absolute Gasteiger partial charge is 0.352 e. The maximum atomic E-state index is 11.9. The molecule has 1 amide bonds. The number of rotatable bonds is 5. The highest BCUT2D eigenvalue weighted by Crippen LogP contribution is 2.37. The maximum absolute atomic E-state index is 11.9. The van der Waals surface area contributed by atoms with Gasteiger partial charge in [0.1, 0.15) is 0 Å². The van der Waals surface area contributed by atoms with Crippen molar-refractivity contribution in [3.05, 3.63) is 12.7 Å². The molecule has 2 N–H and O–H groups in total. The van der Waals surface area contributed by atoms with Gasteiger partial charge in [-0.05, 0) is 24.2 Å². The van der Waals surface area contributed by atoms with E-state index >= 15 is 0 Å². The molecule has 3 heteroatoms. The second-order valence-corrected chi connectivity index (χ2v) is 6.35. The highest BCUT2D eigenvalue weighted by Gasteiger charge is 2.34. The third-order valence-corrected chi connectivity index (χ3v) is 3.80. The molecule has 2 unspecified atom stereocenters. The van der Waals surface area contributed by atoms with Crippen LogP contribution >= 0.6 is 0 Å². The van der Waals surface area contributed by atoms with Crippen LogP contribution in [0.3, 0.4) is 0 Å². The summed E-state index contributed by atoms with van der Waals surface area (Å²) in [5.41, 5.74) is 0.271. The summed E-state index contributed by atoms with van der Waals surface area (Å²) in [5, 5.41) is 6.25. The number of hydrogen-bond acceptors (Lipinski definition) is 2. The van der Waals surface area contributed by atoms with E-state index in [-0.39, 0.29) is 11.3 Å². The summed E-state index contributed by atoms with van der Waals surface area (Å²) in [6.45, 7) is 11.5. The Morgan fingerprint density at radius 3 is 2.61 bits per heavy atom. The van der Waals surface area contributed by atoms with E-state index < -0.39 is 0 Å². The van der Waals surface area contributed by atoms with Crippen molar-refractivity contribution in [2.75, 3.05) is 13.1 Å². The van der Waals surface area contributed by atoms with E-state index in [0.29, 0.717) is 25.0 Å². The number of nitrogens with one attached hydrogen (secondary N) is 2. The Morgan fingerprint density at radius 1 is 1.33 bits per heavy atom. The Labute approximate surface area is 111 Å². The zero-order chi connectivity index (χ0) is 13.6. The van der Waals surface area contributed by atoms with Crippen molar-refractivity contribution in [1.82, 2.24) is 10.6 Å². The molecular formula is C15H28N2O. The monoisotopic (exact) mass is 252 g/mol. The Bertz CT molecular complexity index is 281. The van der Waals surface area contributed by atoms with Crippen LogP contribution in [-0.4, -0.2) is 25.0 Å². The molecular weight excluding hydrogens is 224 g/mol. The van der Waals surface area contributed by atoms with Gasteiger partial charge in [-0.15, -0.1) is 6.58 Å². The summed E-state index contributed by atoms with van der Waals surface area (Å²) in [4.78, 5) is 11.9. The fourth-order valence-corrected chi connectivity index (χ4v) is 2.89. The predicted octanol–water partition coefficient (Wildman–Crippen LogP) is 2.48. The van der Waals surface area contributed by atoms with Crippen LogP contribution in [0.15, 0.2) is 12.7 Å². The van der Waals surface area contributed by atoms with Crippen molar-refractivity contribution >= 4 is 5.91 Å². The lowest BCUT2D eigenvalue weighted by Crippen LogP contribution is -2.48. The summed E-state index contributed by atoms with van der Waals surface area (Å²) >= 11 is 0. The fraction of sp³-hybridized carbons (Fsp3) is 0.800. The molecule has 104 valence electrons. The molecule has 1 aliphatic rings. The van der Waals surface area contributed by atoms with E-state index in [0.717, 1.165) is 6.42 Å². The first-order valence-electron chi connectivity index (χ1n) is 7.06. The van der Waals surface area contributed by atoms with Crippen LogP contribution in [0.1, 0.15) is 46.5 Å². The van der Waals surface area contributed by atoms with Crippen molar-refractivity contribution in [3.8, 4) is 0 Å². The smallest absolute Gasteiger partial charge is 0.234 e. The molecule has 1 rings (SSSR count). The van der Waals surface area contributed by atoms with Crippen LogP contribution in [0.2, 0.25) is 0 Å². The molecule has 0 aromatic carbocycles. The first-order chi connectivity index (χ1) is 8.45. The van der Waals surface area contributed by atoms with Gasteiger partial charge in [-0.2, -0.15) is 0 Å². The van der Waals surface area contributed by atoms with Gasteiger partial charge in [0.2, 0.25) is 5.91 Å². The van der Waals surface area contributed by atoms with E-state index in [9.17, 15) is 4.79 Å². The van der Waals surface area contributed by atoms with Crippen molar-refractivity contribution in [2.24, 2.45) is 11.3 Å². The Kier molecular flexibility index (Phi) is 5.86. The van der Waals surface area contributed by atoms with Crippen LogP contribution in [0.25, 0.3) is 0 Å². The minimum absolute atomic E-state index is 0.109. The highest BCUT2D eigenvalue weighted by atomic mass is 16.1. The van der Waals surface area contributed by atoms with E-state index in [1.165, 1.54) is 19.3 Å². The van der Waals surface area contributed by atoms with Gasteiger partial charge in [-0.3, -0.25) is 4.79 Å². The van der Waals surface area contributed by atoms with E-state index in [2.05, 4.69) is 38.0 Å². The SMILES string of the molecule is C=CCNCC(=O)NC1CCCCC1C(C)(C)C. The second-order valence-electron chi connectivity index (χ2n) is 6.35. The molecule has 1 saturated carbocycles. The molecule has 1 aliphatic carbocycles. The highest BCUT2D eigenvalue weighted by molar-refractivity contribution is 5.78. The summed E-state index contributed by atoms with van der Waals surface area (Å²) in [6, 6.07) is 0.344. The molecule has 0 bridgehead atoms. The average molecular weight is 252 g/mol. The van der Waals surface area contributed by atoms with Gasteiger partial charge in [-0.25, -0.2) is 0 Å². The number of carbonyl (C=O) groups excluding carboxylic acids is 1. The Morgan fingerprint density at radius 2 is 2.00 bits per heavy atom. The van der Waals surface area contributed by atoms with Gasteiger partial charge in [-0.1, -0.05) is 39.7 Å². The summed E-state index contributed by atoms with van der Waals surface area (Å²) in [5.74, 6) is 0.701. The molecule has 0 radical (unpaired) electrons. The topological polar surface area (TPSA) is 41.1 Å². The van der Waals surface area contributed by atoms with Gasteiger partial charge in [0.15, 0.2) is 0 Å². The molecule has 0 aromatic heterocycles. The summed E-state index contributed by atoms with van der Waals surface area (Å²) in [6.07, 6.45) is 6.65. The zero-order valence-corrected chi connectivity index (χ0v) is 12.1. The number of amides is 1. The van der Waals surface area contributed by atoms with E-state index in [1.54, 1.807) is 6.08 Å². The number of carbonyl (C=O) groups is 1. The minimum atomic E-state index is 0.109. The molecule has 2 atom stereocenters. The van der Waals surface area contributed by atoms with Crippen molar-refractivity contribution in [3.63, 3.8) is 0 Å². The van der Waals surface area contributed by atoms with Gasteiger partial charge in [0, 0.05) is 12.6 Å². The summed E-state index contributed by atoms with van der Waals surface area (Å²) in [7, 11) is 0. The molecule has 0 aliphatic heterocycles. The Hall–Kier alpha value is -0.830. The average Bonchev–Trinajstić information content (AvgIpc) is 2.28. The molecule has 0 heterocycles. The zero-order valence-electron chi connectivity index (χ0n) is 12.1. The quantitative estimate of drug-likeness (QED) is 0.583. The number of hydrogen-bond donors (Lipinski definition) is 2. The molecule has 18 heavy (non-hydrogen) atoms. The molecule has 1 fully saturated rings. The molecule has 3 nitrogen and oxygen atoms in total. The van der Waals surface area contributed by atoms with Crippen LogP contribution in [0.4, 0.5) is 0 Å². The van der Waals surface area contributed by atoms with Crippen LogP contribution < -0.4 is 10.6 Å². The van der Waals surface area contributed by atoms with Crippen molar-refractivity contribution in [1.29, 1.82) is 0 Å². The van der Waals surface area contributed by atoms with Crippen molar-refractivity contribution < 1.29 is 4.79 Å². The van der Waals surface area contributed by atoms with Crippen LogP contribution in [0, 0.1) is 11.3 Å². The molecule has 0 aromatic rings. The van der Waals surface area contributed by atoms with Crippen LogP contribution in [-0.2, 0) is 4.79 Å². The third-order valence-electron chi connectivity index (χ3n) is 3.80. The summed E-state index contributed by atoms with van der Waals surface area (Å²) < 4.78 is 0.